The summed E-state index contributed by atoms with van der Waals surface area (Å²) in [5.74, 6) is -0.0419. The van der Waals surface area contributed by atoms with Crippen molar-refractivity contribution in [1.82, 2.24) is 10.3 Å². The van der Waals surface area contributed by atoms with E-state index in [1.807, 2.05) is 45.0 Å². The van der Waals surface area contributed by atoms with Crippen molar-refractivity contribution in [2.75, 3.05) is 5.32 Å². The van der Waals surface area contributed by atoms with Crippen molar-refractivity contribution in [3.05, 3.63) is 45.9 Å². The van der Waals surface area contributed by atoms with E-state index in [1.54, 1.807) is 11.3 Å². The van der Waals surface area contributed by atoms with E-state index in [4.69, 9.17) is 0 Å². The van der Waals surface area contributed by atoms with Crippen molar-refractivity contribution in [3.8, 4) is 0 Å². The number of rotatable bonds is 5. The Morgan fingerprint density at radius 1 is 1.19 bits per heavy atom. The minimum Gasteiger partial charge on any atom is -0.377 e. The molecule has 1 heterocycles. The van der Waals surface area contributed by atoms with E-state index in [-0.39, 0.29) is 18.0 Å². The molecule has 0 saturated carbocycles. The summed E-state index contributed by atoms with van der Waals surface area (Å²) in [5.41, 5.74) is 2.69. The number of amides is 1. The predicted octanol–water partition coefficient (Wildman–Crippen LogP) is 3.76. The van der Waals surface area contributed by atoms with Crippen molar-refractivity contribution in [3.63, 3.8) is 0 Å². The molecule has 1 unspecified atom stereocenters. The molecule has 0 saturated heterocycles. The van der Waals surface area contributed by atoms with Gasteiger partial charge >= 0.3 is 0 Å². The molecular weight excluding hydrogens is 282 g/mol. The molecule has 0 radical (unpaired) electrons. The Hall–Kier alpha value is -1.88. The minimum atomic E-state index is -0.0419. The first-order chi connectivity index (χ1) is 9.95. The van der Waals surface area contributed by atoms with Crippen LogP contribution in [0.4, 0.5) is 5.69 Å². The lowest BCUT2D eigenvalue weighted by Crippen LogP contribution is -2.29. The van der Waals surface area contributed by atoms with E-state index in [1.165, 1.54) is 0 Å². The van der Waals surface area contributed by atoms with Crippen LogP contribution in [0.5, 0.6) is 0 Å². The fourth-order valence-electron chi connectivity index (χ4n) is 1.97. The monoisotopic (exact) mass is 303 g/mol. The van der Waals surface area contributed by atoms with Crippen LogP contribution in [-0.2, 0) is 0 Å². The largest absolute Gasteiger partial charge is 0.377 e. The van der Waals surface area contributed by atoms with Crippen LogP contribution >= 0.6 is 11.3 Å². The highest BCUT2D eigenvalue weighted by Crippen LogP contribution is 2.21. The van der Waals surface area contributed by atoms with Gasteiger partial charge in [0.2, 0.25) is 0 Å². The summed E-state index contributed by atoms with van der Waals surface area (Å²) in [6, 6.07) is 7.79. The highest BCUT2D eigenvalue weighted by molar-refractivity contribution is 7.09. The van der Waals surface area contributed by atoms with Gasteiger partial charge in [-0.2, -0.15) is 0 Å². The van der Waals surface area contributed by atoms with Crippen molar-refractivity contribution in [1.29, 1.82) is 0 Å². The van der Waals surface area contributed by atoms with E-state index in [0.717, 1.165) is 16.4 Å². The highest BCUT2D eigenvalue weighted by atomic mass is 32.1. The number of nitrogens with one attached hydrogen (secondary N) is 2. The third kappa shape index (κ3) is 4.29. The predicted molar refractivity (Wildman–Crippen MR) is 87.9 cm³/mol. The van der Waals surface area contributed by atoms with Crippen molar-refractivity contribution < 1.29 is 4.79 Å². The molecule has 2 N–H and O–H groups in total. The van der Waals surface area contributed by atoms with Crippen LogP contribution in [-0.4, -0.2) is 16.9 Å². The van der Waals surface area contributed by atoms with Gasteiger partial charge in [0.25, 0.3) is 5.91 Å². The Bertz CT molecular complexity index is 604. The van der Waals surface area contributed by atoms with Crippen LogP contribution in [0.3, 0.4) is 0 Å². The van der Waals surface area contributed by atoms with Gasteiger partial charge in [-0.1, -0.05) is 0 Å². The van der Waals surface area contributed by atoms with Crippen LogP contribution in [0.15, 0.2) is 29.6 Å². The molecule has 1 amide bonds. The second kappa shape index (κ2) is 6.72. The second-order valence-electron chi connectivity index (χ2n) is 5.36. The van der Waals surface area contributed by atoms with Gasteiger partial charge in [-0.25, -0.2) is 4.98 Å². The average Bonchev–Trinajstić information content (AvgIpc) is 2.85. The first-order valence-electron chi connectivity index (χ1n) is 7.05. The Kier molecular flexibility index (Phi) is 4.96. The van der Waals surface area contributed by atoms with Gasteiger partial charge in [-0.05, 0) is 52.0 Å². The number of carbonyl (C=O) groups is 1. The van der Waals surface area contributed by atoms with Crippen LogP contribution in [0.2, 0.25) is 0 Å². The van der Waals surface area contributed by atoms with Gasteiger partial charge in [0, 0.05) is 22.7 Å². The number of benzene rings is 1. The first-order valence-corrected chi connectivity index (χ1v) is 7.93. The maximum atomic E-state index is 11.9. The molecule has 0 aliphatic carbocycles. The average molecular weight is 303 g/mol. The van der Waals surface area contributed by atoms with E-state index >= 15 is 0 Å². The summed E-state index contributed by atoms with van der Waals surface area (Å²) in [6.45, 7) is 7.98. The Morgan fingerprint density at radius 3 is 2.38 bits per heavy atom. The molecule has 1 aromatic carbocycles. The van der Waals surface area contributed by atoms with Crippen LogP contribution in [0.25, 0.3) is 0 Å². The van der Waals surface area contributed by atoms with Crippen molar-refractivity contribution in [2.45, 2.75) is 39.8 Å². The normalized spacial score (nSPS) is 12.2. The number of thiazole rings is 1. The second-order valence-corrected chi connectivity index (χ2v) is 6.43. The number of hydrogen-bond acceptors (Lipinski definition) is 4. The molecule has 0 aliphatic rings. The highest BCUT2D eigenvalue weighted by Gasteiger charge is 2.10. The number of hydrogen-bond donors (Lipinski definition) is 2. The third-order valence-corrected chi connectivity index (χ3v) is 3.82. The van der Waals surface area contributed by atoms with Crippen molar-refractivity contribution >= 4 is 22.9 Å². The van der Waals surface area contributed by atoms with Gasteiger partial charge in [0.15, 0.2) is 0 Å². The van der Waals surface area contributed by atoms with Gasteiger partial charge in [-0.3, -0.25) is 4.79 Å². The molecule has 0 bridgehead atoms. The summed E-state index contributed by atoms with van der Waals surface area (Å²) in [6.07, 6.45) is 0. The molecule has 2 aromatic rings. The molecule has 4 nitrogen and oxygen atoms in total. The van der Waals surface area contributed by atoms with E-state index in [9.17, 15) is 4.79 Å². The Balaban J connectivity index is 2.00. The number of aryl methyl sites for hydroxylation is 1. The fraction of sp³-hybridized carbons (Fsp3) is 0.375. The van der Waals surface area contributed by atoms with Gasteiger partial charge in [0.05, 0.1) is 16.7 Å². The third-order valence-electron chi connectivity index (χ3n) is 3.03. The van der Waals surface area contributed by atoms with Gasteiger partial charge in [0.1, 0.15) is 0 Å². The first kappa shape index (κ1) is 15.5. The maximum Gasteiger partial charge on any atom is 0.251 e. The molecular formula is C16H21N3OS. The standard InChI is InChI=1S/C16H21N3OS/c1-10(2)17-16(20)13-5-7-14(8-6-13)18-11(3)15-9-21-12(4)19-15/h5-11,18H,1-4H3,(H,17,20). The zero-order valence-corrected chi connectivity index (χ0v) is 13.6. The number of carbonyl (C=O) groups excluding carboxylic acids is 1. The topological polar surface area (TPSA) is 54.0 Å². The fourth-order valence-corrected chi connectivity index (χ4v) is 2.67. The van der Waals surface area contributed by atoms with Crippen LogP contribution in [0.1, 0.15) is 47.9 Å². The Morgan fingerprint density at radius 2 is 1.86 bits per heavy atom. The summed E-state index contributed by atoms with van der Waals surface area (Å²) in [5, 5.41) is 9.41. The molecule has 112 valence electrons. The molecule has 0 fully saturated rings. The minimum absolute atomic E-state index is 0.0419. The lowest BCUT2D eigenvalue weighted by molar-refractivity contribution is 0.0943. The zero-order valence-electron chi connectivity index (χ0n) is 12.8. The quantitative estimate of drug-likeness (QED) is 0.884. The zero-order chi connectivity index (χ0) is 15.4. The van der Waals surface area contributed by atoms with E-state index < -0.39 is 0 Å². The lowest BCUT2D eigenvalue weighted by Gasteiger charge is -2.14. The summed E-state index contributed by atoms with van der Waals surface area (Å²) >= 11 is 1.65. The summed E-state index contributed by atoms with van der Waals surface area (Å²) in [7, 11) is 0. The van der Waals surface area contributed by atoms with Gasteiger partial charge < -0.3 is 10.6 Å². The molecule has 21 heavy (non-hydrogen) atoms. The van der Waals surface area contributed by atoms with Crippen LogP contribution in [0, 0.1) is 6.92 Å². The number of nitrogens with zero attached hydrogens (tertiary/aromatic N) is 1. The molecule has 1 aromatic heterocycles. The van der Waals surface area contributed by atoms with E-state index in [0.29, 0.717) is 5.56 Å². The molecule has 1 atom stereocenters. The summed E-state index contributed by atoms with van der Waals surface area (Å²) in [4.78, 5) is 16.3. The van der Waals surface area contributed by atoms with Crippen molar-refractivity contribution in [2.24, 2.45) is 0 Å². The SMILES string of the molecule is Cc1nc(C(C)Nc2ccc(C(=O)NC(C)C)cc2)cs1. The molecule has 2 rings (SSSR count). The number of aromatic nitrogens is 1. The van der Waals surface area contributed by atoms with Crippen LogP contribution < -0.4 is 10.6 Å². The van der Waals surface area contributed by atoms with Gasteiger partial charge in [-0.15, -0.1) is 11.3 Å². The summed E-state index contributed by atoms with van der Waals surface area (Å²) < 4.78 is 0. The maximum absolute atomic E-state index is 11.9. The molecule has 0 aliphatic heterocycles. The molecule has 5 heteroatoms. The smallest absolute Gasteiger partial charge is 0.251 e. The number of anilines is 1. The molecule has 0 spiro atoms. The Labute approximate surface area is 129 Å². The lowest BCUT2D eigenvalue weighted by atomic mass is 10.1. The van der Waals surface area contributed by atoms with E-state index in [2.05, 4.69) is 27.9 Å².